The summed E-state index contributed by atoms with van der Waals surface area (Å²) in [5.41, 5.74) is 0. The van der Waals surface area contributed by atoms with Gasteiger partial charge in [-0.05, 0) is 13.8 Å². The van der Waals surface area contributed by atoms with Gasteiger partial charge >= 0.3 is 5.97 Å². The number of hydrogen-bond donors (Lipinski definition) is 0. The molecule has 0 amide bonds. The second-order valence-electron chi connectivity index (χ2n) is 5.14. The molecule has 0 aliphatic rings. The van der Waals surface area contributed by atoms with Gasteiger partial charge in [-0.1, -0.05) is 11.8 Å². The molecule has 0 unspecified atom stereocenters. The van der Waals surface area contributed by atoms with Gasteiger partial charge in [-0.25, -0.2) is 4.98 Å². The minimum atomic E-state index is -0.333. The van der Waals surface area contributed by atoms with Crippen LogP contribution in [0.25, 0.3) is 5.95 Å². The lowest BCUT2D eigenvalue weighted by Gasteiger charge is -2.20. The first kappa shape index (κ1) is 18.9. The average molecular weight is 366 g/mol. The van der Waals surface area contributed by atoms with Crippen molar-refractivity contribution in [3.05, 3.63) is 6.33 Å². The van der Waals surface area contributed by atoms with Crippen molar-refractivity contribution in [1.29, 1.82) is 0 Å². The minimum absolute atomic E-state index is 0.144. The van der Waals surface area contributed by atoms with Crippen LogP contribution in [0, 0.1) is 0 Å². The van der Waals surface area contributed by atoms with Gasteiger partial charge in [0.15, 0.2) is 0 Å². The first-order chi connectivity index (χ1) is 12.0. The van der Waals surface area contributed by atoms with Crippen molar-refractivity contribution < 1.29 is 9.53 Å². The summed E-state index contributed by atoms with van der Waals surface area (Å²) in [5, 5.41) is 4.76. The van der Waals surface area contributed by atoms with Gasteiger partial charge in [0.05, 0.1) is 12.9 Å². The van der Waals surface area contributed by atoms with Crippen molar-refractivity contribution in [2.24, 2.45) is 0 Å². The summed E-state index contributed by atoms with van der Waals surface area (Å²) in [6.45, 7) is 5.65. The molecule has 0 N–H and O–H groups in total. The van der Waals surface area contributed by atoms with E-state index in [1.165, 1.54) is 29.9 Å². The average Bonchev–Trinajstić information content (AvgIpc) is 3.09. The molecule has 0 aliphatic carbocycles. The molecular formula is C14H22N8O2S. The molecule has 2 aromatic rings. The zero-order valence-corrected chi connectivity index (χ0v) is 15.8. The van der Waals surface area contributed by atoms with Crippen LogP contribution in [-0.4, -0.2) is 75.7 Å². The zero-order chi connectivity index (χ0) is 18.4. The smallest absolute Gasteiger partial charge is 0.316 e. The predicted molar refractivity (Wildman–Crippen MR) is 95.4 cm³/mol. The number of esters is 1. The molecule has 0 bridgehead atoms. The van der Waals surface area contributed by atoms with Gasteiger partial charge in [-0.3, -0.25) is 4.79 Å². The number of carbonyl (C=O) groups excluding carboxylic acids is 1. The van der Waals surface area contributed by atoms with E-state index in [0.29, 0.717) is 23.0 Å². The van der Waals surface area contributed by atoms with Crippen LogP contribution < -0.4 is 9.80 Å². The quantitative estimate of drug-likeness (QED) is 0.488. The number of thioether (sulfide) groups is 1. The molecule has 0 fully saturated rings. The van der Waals surface area contributed by atoms with Crippen LogP contribution >= 0.6 is 11.8 Å². The highest BCUT2D eigenvalue weighted by Gasteiger charge is 2.15. The summed E-state index contributed by atoms with van der Waals surface area (Å²) in [7, 11) is 5.07. The highest BCUT2D eigenvalue weighted by Crippen LogP contribution is 2.16. The van der Waals surface area contributed by atoms with Gasteiger partial charge in [-0.2, -0.15) is 19.6 Å². The summed E-state index contributed by atoms with van der Waals surface area (Å²) in [4.78, 5) is 32.6. The van der Waals surface area contributed by atoms with E-state index in [-0.39, 0.29) is 11.7 Å². The summed E-state index contributed by atoms with van der Waals surface area (Å²) in [6, 6.07) is 0. The van der Waals surface area contributed by atoms with Crippen LogP contribution in [0.1, 0.15) is 13.8 Å². The van der Waals surface area contributed by atoms with Gasteiger partial charge in [0.25, 0.3) is 5.95 Å². The molecule has 25 heavy (non-hydrogen) atoms. The Bertz CT molecular complexity index is 717. The Hall–Kier alpha value is -2.43. The second-order valence-corrected chi connectivity index (χ2v) is 6.08. The SMILES string of the molecule is CCN(CC)c1nc(N(C)C)nc(-n2cnc(SCC(=O)OC)n2)n1. The van der Waals surface area contributed by atoms with Crippen molar-refractivity contribution in [2.75, 3.05) is 49.8 Å². The van der Waals surface area contributed by atoms with Crippen molar-refractivity contribution in [3.63, 3.8) is 0 Å². The topological polar surface area (TPSA) is 102 Å². The monoisotopic (exact) mass is 366 g/mol. The fourth-order valence-corrected chi connectivity index (χ4v) is 2.52. The van der Waals surface area contributed by atoms with E-state index in [9.17, 15) is 4.79 Å². The number of carbonyl (C=O) groups is 1. The number of nitrogens with zero attached hydrogens (tertiary/aromatic N) is 8. The molecule has 2 rings (SSSR count). The van der Waals surface area contributed by atoms with E-state index in [1.54, 1.807) is 0 Å². The Labute approximate surface area is 150 Å². The maximum Gasteiger partial charge on any atom is 0.316 e. The van der Waals surface area contributed by atoms with Crippen LogP contribution in [0.15, 0.2) is 11.5 Å². The maximum atomic E-state index is 11.2. The fourth-order valence-electron chi connectivity index (χ4n) is 1.89. The molecule has 2 heterocycles. The Balaban J connectivity index is 2.31. The highest BCUT2D eigenvalue weighted by atomic mass is 32.2. The van der Waals surface area contributed by atoms with Crippen molar-refractivity contribution in [2.45, 2.75) is 19.0 Å². The molecule has 0 spiro atoms. The number of rotatable bonds is 8. The molecule has 0 radical (unpaired) electrons. The Morgan fingerprint density at radius 3 is 2.48 bits per heavy atom. The third-order valence-corrected chi connectivity index (χ3v) is 4.09. The van der Waals surface area contributed by atoms with E-state index in [1.807, 2.05) is 37.7 Å². The van der Waals surface area contributed by atoms with Crippen molar-refractivity contribution in [3.8, 4) is 5.95 Å². The number of hydrogen-bond acceptors (Lipinski definition) is 10. The largest absolute Gasteiger partial charge is 0.468 e. The van der Waals surface area contributed by atoms with Crippen molar-refractivity contribution >= 4 is 29.6 Å². The lowest BCUT2D eigenvalue weighted by Crippen LogP contribution is -2.26. The van der Waals surface area contributed by atoms with Crippen molar-refractivity contribution in [1.82, 2.24) is 29.7 Å². The third kappa shape index (κ3) is 4.78. The first-order valence-corrected chi connectivity index (χ1v) is 8.77. The van der Waals surface area contributed by atoms with Gasteiger partial charge in [0.1, 0.15) is 6.33 Å². The molecule has 136 valence electrons. The number of ether oxygens (including phenoxy) is 1. The molecule has 2 aromatic heterocycles. The molecule has 11 heteroatoms. The van der Waals surface area contributed by atoms with E-state index in [4.69, 9.17) is 0 Å². The zero-order valence-electron chi connectivity index (χ0n) is 15.0. The Kier molecular flexibility index (Phi) is 6.51. The van der Waals surface area contributed by atoms with Gasteiger partial charge < -0.3 is 14.5 Å². The second kappa shape index (κ2) is 8.60. The van der Waals surface area contributed by atoms with Gasteiger partial charge in [-0.15, -0.1) is 5.10 Å². The third-order valence-electron chi connectivity index (χ3n) is 3.27. The molecule has 0 aromatic carbocycles. The minimum Gasteiger partial charge on any atom is -0.468 e. The molecular weight excluding hydrogens is 344 g/mol. The first-order valence-electron chi connectivity index (χ1n) is 7.78. The number of methoxy groups -OCH3 is 1. The van der Waals surface area contributed by atoms with E-state index >= 15 is 0 Å². The molecule has 10 nitrogen and oxygen atoms in total. The number of anilines is 2. The molecule has 0 aliphatic heterocycles. The van der Waals surface area contributed by atoms with Crippen LogP contribution in [0.3, 0.4) is 0 Å². The fraction of sp³-hybridized carbons (Fsp3) is 0.571. The summed E-state index contributed by atoms with van der Waals surface area (Å²) in [6.07, 6.45) is 1.51. The predicted octanol–water partition coefficient (Wildman–Crippen LogP) is 0.630. The lowest BCUT2D eigenvalue weighted by molar-refractivity contribution is -0.137. The maximum absolute atomic E-state index is 11.2. The van der Waals surface area contributed by atoms with Crippen LogP contribution in [-0.2, 0) is 9.53 Å². The molecule has 0 atom stereocenters. The van der Waals surface area contributed by atoms with Gasteiger partial charge in [0, 0.05) is 27.2 Å². The normalized spacial score (nSPS) is 10.6. The van der Waals surface area contributed by atoms with E-state index < -0.39 is 0 Å². The van der Waals surface area contributed by atoms with Crippen LogP contribution in [0.4, 0.5) is 11.9 Å². The Morgan fingerprint density at radius 1 is 1.20 bits per heavy atom. The lowest BCUT2D eigenvalue weighted by atomic mass is 10.5. The summed E-state index contributed by atoms with van der Waals surface area (Å²) >= 11 is 1.19. The molecule has 0 saturated carbocycles. The van der Waals surface area contributed by atoms with Gasteiger partial charge in [0.2, 0.25) is 17.1 Å². The van der Waals surface area contributed by atoms with Crippen LogP contribution in [0.5, 0.6) is 0 Å². The summed E-state index contributed by atoms with van der Waals surface area (Å²) < 4.78 is 6.08. The standard InChI is InChI=1S/C14H22N8O2S/c1-6-21(7-2)12-16-11(20(3)4)17-13(18-12)22-9-15-14(19-22)25-8-10(23)24-5/h9H,6-8H2,1-5H3. The highest BCUT2D eigenvalue weighted by molar-refractivity contribution is 7.99. The summed E-state index contributed by atoms with van der Waals surface area (Å²) in [5.74, 6) is 1.30. The Morgan fingerprint density at radius 2 is 1.88 bits per heavy atom. The number of aromatic nitrogens is 6. The molecule has 0 saturated heterocycles. The van der Waals surface area contributed by atoms with Crippen LogP contribution in [0.2, 0.25) is 0 Å². The van der Waals surface area contributed by atoms with E-state index in [0.717, 1.165) is 13.1 Å². The van der Waals surface area contributed by atoms with E-state index in [2.05, 4.69) is 29.8 Å².